The summed E-state index contributed by atoms with van der Waals surface area (Å²) in [5, 5.41) is 0. The smallest absolute Gasteiger partial charge is 0.279 e. The lowest BCUT2D eigenvalue weighted by atomic mass is 9.78. The van der Waals surface area contributed by atoms with Crippen molar-refractivity contribution in [1.82, 2.24) is 9.03 Å². The first-order chi connectivity index (χ1) is 9.97. The average Bonchev–Trinajstić information content (AvgIpc) is 2.42. The zero-order chi connectivity index (χ0) is 15.0. The third-order valence-corrected chi connectivity index (χ3v) is 5.99. The monoisotopic (exact) mass is 310 g/mol. The zero-order valence-electron chi connectivity index (χ0n) is 12.5. The summed E-state index contributed by atoms with van der Waals surface area (Å²) >= 11 is 0. The maximum atomic E-state index is 12.5. The van der Waals surface area contributed by atoms with Crippen molar-refractivity contribution >= 4 is 10.2 Å². The summed E-state index contributed by atoms with van der Waals surface area (Å²) < 4.78 is 34.7. The molecule has 0 aromatic heterocycles. The van der Waals surface area contributed by atoms with Crippen molar-refractivity contribution in [3.63, 3.8) is 0 Å². The highest BCUT2D eigenvalue weighted by Gasteiger charge is 2.34. The Hall–Kier alpha value is -0.950. The molecule has 1 saturated heterocycles. The Morgan fingerprint density at radius 3 is 2.86 bits per heavy atom. The molecular formula is C15H22N2O3S. The van der Waals surface area contributed by atoms with Crippen LogP contribution in [0.1, 0.15) is 30.9 Å². The molecule has 6 heteroatoms. The van der Waals surface area contributed by atoms with E-state index in [1.165, 1.54) is 15.4 Å². The lowest BCUT2D eigenvalue weighted by molar-refractivity contribution is -0.0175. The molecule has 0 amide bonds. The van der Waals surface area contributed by atoms with E-state index in [0.717, 1.165) is 6.42 Å². The van der Waals surface area contributed by atoms with Crippen LogP contribution in [-0.4, -0.2) is 44.6 Å². The predicted octanol–water partition coefficient (Wildman–Crippen LogP) is 1.27. The van der Waals surface area contributed by atoms with Crippen molar-refractivity contribution in [3.05, 3.63) is 35.4 Å². The highest BCUT2D eigenvalue weighted by atomic mass is 32.2. The molecule has 2 aliphatic rings. The number of rotatable bonds is 4. The first-order valence-corrected chi connectivity index (χ1v) is 8.87. The van der Waals surface area contributed by atoms with Gasteiger partial charge in [-0.05, 0) is 31.4 Å². The Morgan fingerprint density at radius 2 is 2.10 bits per heavy atom. The number of nitrogens with zero attached hydrogens (tertiary/aromatic N) is 1. The predicted molar refractivity (Wildman–Crippen MR) is 81.4 cm³/mol. The molecule has 0 bridgehead atoms. The zero-order valence-corrected chi connectivity index (χ0v) is 13.3. The van der Waals surface area contributed by atoms with Crippen molar-refractivity contribution in [3.8, 4) is 0 Å². The van der Waals surface area contributed by atoms with Crippen LogP contribution in [0.2, 0.25) is 0 Å². The van der Waals surface area contributed by atoms with Crippen molar-refractivity contribution < 1.29 is 13.2 Å². The minimum absolute atomic E-state index is 0.0535. The van der Waals surface area contributed by atoms with Crippen LogP contribution in [0.4, 0.5) is 0 Å². The third-order valence-electron chi connectivity index (χ3n) is 4.33. The molecule has 116 valence electrons. The summed E-state index contributed by atoms with van der Waals surface area (Å²) in [5.41, 5.74) is 2.60. The lowest BCUT2D eigenvalue weighted by Gasteiger charge is -2.36. The topological polar surface area (TPSA) is 58.6 Å². The van der Waals surface area contributed by atoms with E-state index in [-0.39, 0.29) is 12.1 Å². The van der Waals surface area contributed by atoms with E-state index in [1.807, 2.05) is 26.0 Å². The molecule has 3 rings (SSSR count). The molecule has 0 saturated carbocycles. The van der Waals surface area contributed by atoms with E-state index in [2.05, 4.69) is 16.9 Å². The minimum atomic E-state index is -3.44. The molecule has 1 N–H and O–H groups in total. The van der Waals surface area contributed by atoms with Gasteiger partial charge in [-0.2, -0.15) is 12.7 Å². The van der Waals surface area contributed by atoms with Gasteiger partial charge in [-0.15, -0.1) is 0 Å². The Kier molecular flexibility index (Phi) is 4.05. The van der Waals surface area contributed by atoms with Crippen LogP contribution >= 0.6 is 0 Å². The van der Waals surface area contributed by atoms with Gasteiger partial charge in [-0.1, -0.05) is 24.3 Å². The van der Waals surface area contributed by atoms with Gasteiger partial charge >= 0.3 is 0 Å². The number of ether oxygens (including phenoxy) is 1. The fraction of sp³-hybridized carbons (Fsp3) is 0.600. The quantitative estimate of drug-likeness (QED) is 0.911. The summed E-state index contributed by atoms with van der Waals surface area (Å²) in [4.78, 5) is 0. The Bertz CT molecular complexity index is 617. The molecule has 5 nitrogen and oxygen atoms in total. The van der Waals surface area contributed by atoms with Crippen LogP contribution in [0.25, 0.3) is 0 Å². The molecule has 0 spiro atoms. The van der Waals surface area contributed by atoms with Gasteiger partial charge in [-0.3, -0.25) is 0 Å². The normalized spacial score (nSPS) is 29.7. The van der Waals surface area contributed by atoms with Crippen LogP contribution in [0, 0.1) is 0 Å². The molecule has 1 heterocycles. The molecule has 1 aromatic rings. The standard InChI is InChI=1S/C15H22N2O3S/c1-11-10-20-12(2)9-17(11)21(18,19)16-8-14-7-13-5-3-4-6-15(13)14/h3-6,11-12,14,16H,7-10H2,1-2H3. The van der Waals surface area contributed by atoms with Crippen molar-refractivity contribution in [2.45, 2.75) is 38.3 Å². The molecule has 1 aliphatic heterocycles. The Morgan fingerprint density at radius 1 is 1.33 bits per heavy atom. The third kappa shape index (κ3) is 2.99. The highest BCUT2D eigenvalue weighted by molar-refractivity contribution is 7.87. The van der Waals surface area contributed by atoms with E-state index in [1.54, 1.807) is 0 Å². The Labute approximate surface area is 126 Å². The van der Waals surface area contributed by atoms with E-state index in [4.69, 9.17) is 4.74 Å². The maximum absolute atomic E-state index is 12.5. The number of fused-ring (bicyclic) bond motifs is 1. The SMILES string of the molecule is CC1CN(S(=O)(=O)NCC2Cc3ccccc32)C(C)CO1. The van der Waals surface area contributed by atoms with E-state index >= 15 is 0 Å². The van der Waals surface area contributed by atoms with Crippen molar-refractivity contribution in [1.29, 1.82) is 0 Å². The molecule has 1 aromatic carbocycles. The van der Waals surface area contributed by atoms with Gasteiger partial charge < -0.3 is 4.74 Å². The molecule has 3 unspecified atom stereocenters. The molecule has 3 atom stereocenters. The maximum Gasteiger partial charge on any atom is 0.279 e. The van der Waals surface area contributed by atoms with E-state index in [9.17, 15) is 8.42 Å². The van der Waals surface area contributed by atoms with Gasteiger partial charge in [0.05, 0.1) is 12.7 Å². The van der Waals surface area contributed by atoms with Gasteiger partial charge in [0.1, 0.15) is 0 Å². The molecule has 1 aliphatic carbocycles. The van der Waals surface area contributed by atoms with Gasteiger partial charge in [-0.25, -0.2) is 4.72 Å². The first-order valence-electron chi connectivity index (χ1n) is 7.43. The van der Waals surface area contributed by atoms with Crippen LogP contribution in [0.3, 0.4) is 0 Å². The van der Waals surface area contributed by atoms with Gasteiger partial charge in [0, 0.05) is 25.0 Å². The van der Waals surface area contributed by atoms with Gasteiger partial charge in [0.2, 0.25) is 0 Å². The molecule has 21 heavy (non-hydrogen) atoms. The second-order valence-electron chi connectivity index (χ2n) is 6.02. The number of morpholine rings is 1. The van der Waals surface area contributed by atoms with E-state index in [0.29, 0.717) is 25.6 Å². The van der Waals surface area contributed by atoms with E-state index < -0.39 is 10.2 Å². The van der Waals surface area contributed by atoms with Gasteiger partial charge in [0.15, 0.2) is 0 Å². The van der Waals surface area contributed by atoms with Crippen LogP contribution < -0.4 is 4.72 Å². The fourth-order valence-corrected chi connectivity index (χ4v) is 4.56. The minimum Gasteiger partial charge on any atom is -0.375 e. The molecule has 0 radical (unpaired) electrons. The van der Waals surface area contributed by atoms with Gasteiger partial charge in [0.25, 0.3) is 10.2 Å². The molecular weight excluding hydrogens is 288 g/mol. The highest BCUT2D eigenvalue weighted by Crippen LogP contribution is 2.34. The summed E-state index contributed by atoms with van der Waals surface area (Å²) in [7, 11) is -3.44. The number of hydrogen-bond donors (Lipinski definition) is 1. The first kappa shape index (κ1) is 15.0. The second-order valence-corrected chi connectivity index (χ2v) is 7.72. The van der Waals surface area contributed by atoms with Crippen molar-refractivity contribution in [2.24, 2.45) is 0 Å². The lowest BCUT2D eigenvalue weighted by Crippen LogP contribution is -2.54. The molecule has 1 fully saturated rings. The Balaban J connectivity index is 1.62. The summed E-state index contributed by atoms with van der Waals surface area (Å²) in [6.45, 7) is 5.12. The summed E-state index contributed by atoms with van der Waals surface area (Å²) in [6.07, 6.45) is 0.899. The number of benzene rings is 1. The largest absolute Gasteiger partial charge is 0.375 e. The fourth-order valence-electron chi connectivity index (χ4n) is 3.04. The van der Waals surface area contributed by atoms with Crippen molar-refractivity contribution in [2.75, 3.05) is 19.7 Å². The van der Waals surface area contributed by atoms with Crippen LogP contribution in [0.15, 0.2) is 24.3 Å². The number of nitrogens with one attached hydrogen (secondary N) is 1. The summed E-state index contributed by atoms with van der Waals surface area (Å²) in [6, 6.07) is 8.09. The second kappa shape index (κ2) is 5.68. The van der Waals surface area contributed by atoms with Crippen LogP contribution in [-0.2, 0) is 21.4 Å². The summed E-state index contributed by atoms with van der Waals surface area (Å²) in [5.74, 6) is 0.296. The number of hydrogen-bond acceptors (Lipinski definition) is 3. The average molecular weight is 310 g/mol. The van der Waals surface area contributed by atoms with Crippen LogP contribution in [0.5, 0.6) is 0 Å².